The van der Waals surface area contributed by atoms with E-state index in [0.717, 1.165) is 57.2 Å². The number of alkyl carbamates (subject to hydrolysis) is 1. The molecule has 0 atom stereocenters. The van der Waals surface area contributed by atoms with Crippen LogP contribution in [-0.4, -0.2) is 76.3 Å². The highest BCUT2D eigenvalue weighted by Gasteiger charge is 2.25. The van der Waals surface area contributed by atoms with E-state index in [9.17, 15) is 19.5 Å². The van der Waals surface area contributed by atoms with Crippen molar-refractivity contribution in [2.24, 2.45) is 5.92 Å². The maximum absolute atomic E-state index is 14.0. The van der Waals surface area contributed by atoms with Crippen molar-refractivity contribution in [2.75, 3.05) is 37.6 Å². The largest absolute Gasteiger partial charge is 0.481 e. The summed E-state index contributed by atoms with van der Waals surface area (Å²) in [6.45, 7) is 8.19. The number of hydrogen-bond acceptors (Lipinski definition) is 7. The first-order valence-electron chi connectivity index (χ1n) is 17.2. The van der Waals surface area contributed by atoms with Crippen LogP contribution in [0.4, 0.5) is 10.7 Å². The van der Waals surface area contributed by atoms with E-state index < -0.39 is 17.7 Å². The lowest BCUT2D eigenvalue weighted by atomic mass is 9.90. The minimum atomic E-state index is -0.949. The lowest BCUT2D eigenvalue weighted by Gasteiger charge is -2.32. The van der Waals surface area contributed by atoms with Gasteiger partial charge in [-0.1, -0.05) is 67.1 Å². The number of benzene rings is 2. The summed E-state index contributed by atoms with van der Waals surface area (Å²) in [7, 11) is 0. The van der Waals surface area contributed by atoms with E-state index >= 15 is 0 Å². The van der Waals surface area contributed by atoms with Gasteiger partial charge in [0.05, 0.1) is 17.7 Å². The molecule has 258 valence electrons. The first-order chi connectivity index (χ1) is 23.1. The van der Waals surface area contributed by atoms with Gasteiger partial charge in [0.1, 0.15) is 5.60 Å². The fourth-order valence-electron chi connectivity index (χ4n) is 5.94. The number of carbonyl (C=O) groups is 3. The third-order valence-corrected chi connectivity index (χ3v) is 8.50. The number of carboxylic acids is 1. The summed E-state index contributed by atoms with van der Waals surface area (Å²) < 4.78 is 5.32. The maximum atomic E-state index is 14.0. The first kappa shape index (κ1) is 36.4. The molecule has 1 saturated heterocycles. The highest BCUT2D eigenvalue weighted by molar-refractivity contribution is 5.95. The van der Waals surface area contributed by atoms with Crippen molar-refractivity contribution in [3.05, 3.63) is 89.2 Å². The molecular formula is C38H51N5O5. The molecule has 0 bridgehead atoms. The first-order valence-corrected chi connectivity index (χ1v) is 17.2. The molecule has 10 heteroatoms. The van der Waals surface area contributed by atoms with E-state index in [0.29, 0.717) is 49.1 Å². The van der Waals surface area contributed by atoms with Crippen LogP contribution in [0.3, 0.4) is 0 Å². The van der Waals surface area contributed by atoms with Gasteiger partial charge < -0.3 is 25.0 Å². The Labute approximate surface area is 284 Å². The van der Waals surface area contributed by atoms with Crippen molar-refractivity contribution in [3.63, 3.8) is 0 Å². The summed E-state index contributed by atoms with van der Waals surface area (Å²) in [5, 5.41) is 12.2. The number of anilines is 1. The van der Waals surface area contributed by atoms with Gasteiger partial charge >= 0.3 is 12.1 Å². The van der Waals surface area contributed by atoms with E-state index in [1.165, 1.54) is 5.56 Å². The Morgan fingerprint density at radius 1 is 0.917 bits per heavy atom. The van der Waals surface area contributed by atoms with Crippen LogP contribution < -0.4 is 10.2 Å². The zero-order chi connectivity index (χ0) is 34.4. The molecule has 0 saturated carbocycles. The lowest BCUT2D eigenvalue weighted by molar-refractivity contribution is -0.137. The second kappa shape index (κ2) is 18.2. The quantitative estimate of drug-likeness (QED) is 0.171. The second-order valence-electron chi connectivity index (χ2n) is 13.6. The second-order valence-corrected chi connectivity index (χ2v) is 13.6. The van der Waals surface area contributed by atoms with Crippen molar-refractivity contribution in [3.8, 4) is 0 Å². The molecule has 1 aliphatic heterocycles. The standard InChI is InChI=1S/C38H51N5O5/c1-38(2,3)48-37(47)39-22-12-6-11-17-33-32(35(46)42(26-21-34(44)45)23-18-29-13-7-4-8-14-29)28-40-36(41-33)43-24-19-31(20-25-43)27-30-15-9-5-10-16-30/h4-5,7-10,13-16,28,31H,6,11-12,17-27H2,1-3H3,(H,39,47)(H,44,45). The van der Waals surface area contributed by atoms with Crippen LogP contribution in [-0.2, 0) is 28.8 Å². The van der Waals surface area contributed by atoms with Crippen LogP contribution in [0.15, 0.2) is 66.9 Å². The molecule has 2 amide bonds. The van der Waals surface area contributed by atoms with E-state index in [2.05, 4.69) is 39.5 Å². The number of amides is 2. The highest BCUT2D eigenvalue weighted by Crippen LogP contribution is 2.25. The molecule has 1 fully saturated rings. The van der Waals surface area contributed by atoms with Gasteiger partial charge in [0.2, 0.25) is 5.95 Å². The Balaban J connectivity index is 1.44. The Morgan fingerprint density at radius 2 is 1.58 bits per heavy atom. The minimum Gasteiger partial charge on any atom is -0.481 e. The topological polar surface area (TPSA) is 125 Å². The summed E-state index contributed by atoms with van der Waals surface area (Å²) in [6, 6.07) is 20.5. The van der Waals surface area contributed by atoms with E-state index in [1.54, 1.807) is 11.1 Å². The van der Waals surface area contributed by atoms with Crippen molar-refractivity contribution < 1.29 is 24.2 Å². The number of aliphatic carboxylic acids is 1. The fourth-order valence-corrected chi connectivity index (χ4v) is 5.94. The number of nitrogens with one attached hydrogen (secondary N) is 1. The Kier molecular flexibility index (Phi) is 13.8. The number of unbranched alkanes of at least 4 members (excludes halogenated alkanes) is 2. The van der Waals surface area contributed by atoms with Crippen molar-refractivity contribution >= 4 is 23.9 Å². The van der Waals surface area contributed by atoms with Gasteiger partial charge in [0.25, 0.3) is 5.91 Å². The van der Waals surface area contributed by atoms with Crippen LogP contribution in [0.25, 0.3) is 0 Å². The number of rotatable bonds is 16. The molecule has 2 aromatic carbocycles. The predicted octanol–water partition coefficient (Wildman–Crippen LogP) is 6.33. The van der Waals surface area contributed by atoms with Crippen molar-refractivity contribution in [2.45, 2.75) is 84.2 Å². The van der Waals surface area contributed by atoms with E-state index in [4.69, 9.17) is 9.72 Å². The number of hydrogen-bond donors (Lipinski definition) is 2. The van der Waals surface area contributed by atoms with Gasteiger partial charge in [-0.2, -0.15) is 0 Å². The van der Waals surface area contributed by atoms with Crippen LogP contribution >= 0.6 is 0 Å². The minimum absolute atomic E-state index is 0.105. The molecule has 4 rings (SSSR count). The molecule has 1 aromatic heterocycles. The fraction of sp³-hybridized carbons (Fsp3) is 0.500. The Bertz CT molecular complexity index is 1450. The molecule has 0 radical (unpaired) electrons. The van der Waals surface area contributed by atoms with E-state index in [-0.39, 0.29) is 18.9 Å². The molecule has 48 heavy (non-hydrogen) atoms. The summed E-state index contributed by atoms with van der Waals surface area (Å²) in [5.41, 5.74) is 2.99. The van der Waals surface area contributed by atoms with Gasteiger partial charge in [-0.15, -0.1) is 0 Å². The Morgan fingerprint density at radius 3 is 2.23 bits per heavy atom. The zero-order valence-corrected chi connectivity index (χ0v) is 28.7. The molecular weight excluding hydrogens is 606 g/mol. The Hall–Kier alpha value is -4.47. The van der Waals surface area contributed by atoms with Gasteiger partial charge in [0.15, 0.2) is 0 Å². The van der Waals surface area contributed by atoms with Gasteiger partial charge in [-0.3, -0.25) is 9.59 Å². The third-order valence-electron chi connectivity index (χ3n) is 8.50. The summed E-state index contributed by atoms with van der Waals surface area (Å²) in [5.74, 6) is 0.0372. The monoisotopic (exact) mass is 657 g/mol. The zero-order valence-electron chi connectivity index (χ0n) is 28.7. The van der Waals surface area contributed by atoms with Crippen LogP contribution in [0.5, 0.6) is 0 Å². The summed E-state index contributed by atoms with van der Waals surface area (Å²) >= 11 is 0. The summed E-state index contributed by atoms with van der Waals surface area (Å²) in [4.78, 5) is 51.0. The smallest absolute Gasteiger partial charge is 0.407 e. The highest BCUT2D eigenvalue weighted by atomic mass is 16.6. The number of carbonyl (C=O) groups excluding carboxylic acids is 2. The maximum Gasteiger partial charge on any atom is 0.407 e. The number of nitrogens with zero attached hydrogens (tertiary/aromatic N) is 4. The molecule has 10 nitrogen and oxygen atoms in total. The molecule has 3 aromatic rings. The molecule has 0 spiro atoms. The van der Waals surface area contributed by atoms with Crippen molar-refractivity contribution in [1.29, 1.82) is 0 Å². The van der Waals surface area contributed by atoms with Crippen LogP contribution in [0, 0.1) is 5.92 Å². The van der Waals surface area contributed by atoms with Gasteiger partial charge in [-0.05, 0) is 82.8 Å². The SMILES string of the molecule is CC(C)(C)OC(=O)NCCCCCc1nc(N2CCC(Cc3ccccc3)CC2)ncc1C(=O)N(CCC(=O)O)CCc1ccccc1. The number of carboxylic acid groups (broad SMARTS) is 1. The molecule has 0 aliphatic carbocycles. The van der Waals surface area contributed by atoms with Crippen LogP contribution in [0.1, 0.15) is 86.5 Å². The number of piperidine rings is 1. The normalized spacial score (nSPS) is 13.6. The molecule has 2 N–H and O–H groups in total. The van der Waals surface area contributed by atoms with E-state index in [1.807, 2.05) is 57.2 Å². The molecule has 0 unspecified atom stereocenters. The van der Waals surface area contributed by atoms with Crippen molar-refractivity contribution in [1.82, 2.24) is 20.2 Å². The predicted molar refractivity (Wildman–Crippen MR) is 187 cm³/mol. The molecule has 2 heterocycles. The number of aryl methyl sites for hydroxylation is 1. The molecule has 1 aliphatic rings. The number of aromatic nitrogens is 2. The van der Waals surface area contributed by atoms with Gasteiger partial charge in [-0.25, -0.2) is 14.8 Å². The van der Waals surface area contributed by atoms with Gasteiger partial charge in [0, 0.05) is 38.9 Å². The average molecular weight is 658 g/mol. The average Bonchev–Trinajstić information content (AvgIpc) is 3.06. The van der Waals surface area contributed by atoms with Crippen LogP contribution in [0.2, 0.25) is 0 Å². The summed E-state index contributed by atoms with van der Waals surface area (Å²) in [6.07, 6.45) is 7.75. The number of ether oxygens (including phenoxy) is 1. The lowest BCUT2D eigenvalue weighted by Crippen LogP contribution is -2.37. The third kappa shape index (κ3) is 12.3.